The minimum atomic E-state index is -0.229. The summed E-state index contributed by atoms with van der Waals surface area (Å²) in [6, 6.07) is 25.5. The molecule has 0 radical (unpaired) electrons. The van der Waals surface area contributed by atoms with Crippen LogP contribution in [-0.2, 0) is 19.6 Å². The van der Waals surface area contributed by atoms with Crippen LogP contribution in [0.15, 0.2) is 78.9 Å². The molecular formula is C24H26FNO. The number of aryl methyl sites for hydroxylation is 1. The molecule has 0 saturated heterocycles. The molecule has 0 aliphatic carbocycles. The Labute approximate surface area is 161 Å². The predicted molar refractivity (Wildman–Crippen MR) is 108 cm³/mol. The molecule has 0 bridgehead atoms. The zero-order chi connectivity index (χ0) is 18.9. The summed E-state index contributed by atoms with van der Waals surface area (Å²) in [6.07, 6.45) is 2.15. The molecule has 27 heavy (non-hydrogen) atoms. The first-order valence-corrected chi connectivity index (χ1v) is 9.43. The molecule has 0 heterocycles. The summed E-state index contributed by atoms with van der Waals surface area (Å²) < 4.78 is 19.0. The normalized spacial score (nSPS) is 11.9. The van der Waals surface area contributed by atoms with Crippen molar-refractivity contribution in [2.75, 3.05) is 0 Å². The van der Waals surface area contributed by atoms with Gasteiger partial charge < -0.3 is 10.1 Å². The summed E-state index contributed by atoms with van der Waals surface area (Å²) >= 11 is 0. The van der Waals surface area contributed by atoms with Crippen molar-refractivity contribution in [2.24, 2.45) is 0 Å². The number of halogens is 1. The van der Waals surface area contributed by atoms with Crippen LogP contribution in [0, 0.1) is 5.82 Å². The van der Waals surface area contributed by atoms with Crippen molar-refractivity contribution in [2.45, 2.75) is 39.0 Å². The van der Waals surface area contributed by atoms with Gasteiger partial charge in [-0.2, -0.15) is 0 Å². The molecule has 0 saturated carbocycles. The van der Waals surface area contributed by atoms with Crippen LogP contribution in [-0.4, -0.2) is 6.04 Å². The van der Waals surface area contributed by atoms with Crippen LogP contribution in [0.4, 0.5) is 4.39 Å². The van der Waals surface area contributed by atoms with Crippen molar-refractivity contribution >= 4 is 0 Å². The van der Waals surface area contributed by atoms with E-state index < -0.39 is 0 Å². The van der Waals surface area contributed by atoms with Gasteiger partial charge in [0.25, 0.3) is 0 Å². The van der Waals surface area contributed by atoms with E-state index in [2.05, 4.69) is 42.6 Å². The van der Waals surface area contributed by atoms with Crippen LogP contribution in [0.3, 0.4) is 0 Å². The number of para-hydroxylation sites is 1. The van der Waals surface area contributed by atoms with E-state index in [4.69, 9.17) is 4.74 Å². The monoisotopic (exact) mass is 363 g/mol. The Hall–Kier alpha value is -2.65. The Bertz CT molecular complexity index is 817. The summed E-state index contributed by atoms with van der Waals surface area (Å²) in [7, 11) is 0. The smallest absolute Gasteiger partial charge is 0.124 e. The lowest BCUT2D eigenvalue weighted by Crippen LogP contribution is -2.26. The quantitative estimate of drug-likeness (QED) is 0.541. The molecule has 0 fully saturated rings. The zero-order valence-corrected chi connectivity index (χ0v) is 15.7. The summed E-state index contributed by atoms with van der Waals surface area (Å²) in [5, 5.41) is 3.59. The minimum Gasteiger partial charge on any atom is -0.489 e. The van der Waals surface area contributed by atoms with Crippen molar-refractivity contribution in [3.05, 3.63) is 101 Å². The standard InChI is InChI=1S/C24H26FNO/c1-19(11-12-20-7-3-2-4-8-20)26-17-22-9-5-6-10-24(22)27-18-21-13-15-23(25)16-14-21/h2-10,13-16,19,26H,11-12,17-18H2,1H3/t19-/m0/s1. The summed E-state index contributed by atoms with van der Waals surface area (Å²) in [5.74, 6) is 0.637. The lowest BCUT2D eigenvalue weighted by atomic mass is 10.1. The van der Waals surface area contributed by atoms with Gasteiger partial charge in [-0.3, -0.25) is 0 Å². The van der Waals surface area contributed by atoms with E-state index in [0.29, 0.717) is 12.6 Å². The molecule has 1 N–H and O–H groups in total. The fourth-order valence-corrected chi connectivity index (χ4v) is 2.95. The van der Waals surface area contributed by atoms with Crippen molar-refractivity contribution < 1.29 is 9.13 Å². The highest BCUT2D eigenvalue weighted by Gasteiger charge is 2.07. The lowest BCUT2D eigenvalue weighted by molar-refractivity contribution is 0.301. The second-order valence-electron chi connectivity index (χ2n) is 6.83. The lowest BCUT2D eigenvalue weighted by Gasteiger charge is -2.16. The molecule has 2 nitrogen and oxygen atoms in total. The van der Waals surface area contributed by atoms with Crippen molar-refractivity contribution in [1.29, 1.82) is 0 Å². The summed E-state index contributed by atoms with van der Waals surface area (Å²) in [6.45, 7) is 3.40. The Morgan fingerprint density at radius 1 is 0.852 bits per heavy atom. The predicted octanol–water partition coefficient (Wildman–Crippen LogP) is 5.52. The third-order valence-electron chi connectivity index (χ3n) is 4.63. The summed E-state index contributed by atoms with van der Waals surface area (Å²) in [4.78, 5) is 0. The van der Waals surface area contributed by atoms with Gasteiger partial charge in [0.1, 0.15) is 18.2 Å². The average Bonchev–Trinajstić information content (AvgIpc) is 2.71. The molecule has 140 valence electrons. The maximum atomic E-state index is 13.0. The third kappa shape index (κ3) is 6.22. The van der Waals surface area contributed by atoms with Gasteiger partial charge in [-0.25, -0.2) is 4.39 Å². The van der Waals surface area contributed by atoms with Gasteiger partial charge >= 0.3 is 0 Å². The number of hydrogen-bond acceptors (Lipinski definition) is 2. The number of rotatable bonds is 9. The summed E-state index contributed by atoms with van der Waals surface area (Å²) in [5.41, 5.74) is 3.45. The molecule has 0 amide bonds. The van der Waals surface area contributed by atoms with Crippen molar-refractivity contribution in [3.63, 3.8) is 0 Å². The topological polar surface area (TPSA) is 21.3 Å². The van der Waals surface area contributed by atoms with Crippen molar-refractivity contribution in [1.82, 2.24) is 5.32 Å². The molecule has 0 aliphatic rings. The fraction of sp³-hybridized carbons (Fsp3) is 0.250. The number of hydrogen-bond donors (Lipinski definition) is 1. The van der Waals surface area contributed by atoms with Gasteiger partial charge in [0.15, 0.2) is 0 Å². The van der Waals surface area contributed by atoms with E-state index in [1.54, 1.807) is 12.1 Å². The van der Waals surface area contributed by atoms with E-state index in [-0.39, 0.29) is 5.82 Å². The van der Waals surface area contributed by atoms with Gasteiger partial charge in [-0.1, -0.05) is 60.7 Å². The number of ether oxygens (including phenoxy) is 1. The minimum absolute atomic E-state index is 0.229. The first-order valence-electron chi connectivity index (χ1n) is 9.43. The highest BCUT2D eigenvalue weighted by molar-refractivity contribution is 5.33. The second kappa shape index (κ2) is 9.89. The molecule has 0 aromatic heterocycles. The molecular weight excluding hydrogens is 337 g/mol. The molecule has 0 aliphatic heterocycles. The van der Waals surface area contributed by atoms with E-state index >= 15 is 0 Å². The molecule has 0 spiro atoms. The van der Waals surface area contributed by atoms with Crippen molar-refractivity contribution in [3.8, 4) is 5.75 Å². The van der Waals surface area contributed by atoms with E-state index in [1.807, 2.05) is 24.3 Å². The number of benzene rings is 3. The molecule has 3 heteroatoms. The highest BCUT2D eigenvalue weighted by Crippen LogP contribution is 2.20. The van der Waals surface area contributed by atoms with Crippen LogP contribution in [0.1, 0.15) is 30.0 Å². The molecule has 3 rings (SSSR count). The second-order valence-corrected chi connectivity index (χ2v) is 6.83. The molecule has 1 atom stereocenters. The largest absolute Gasteiger partial charge is 0.489 e. The third-order valence-corrected chi connectivity index (χ3v) is 4.63. The molecule has 3 aromatic carbocycles. The Morgan fingerprint density at radius 3 is 2.33 bits per heavy atom. The van der Waals surface area contributed by atoms with E-state index in [9.17, 15) is 4.39 Å². The van der Waals surface area contributed by atoms with Gasteiger partial charge in [-0.15, -0.1) is 0 Å². The van der Waals surface area contributed by atoms with Crippen LogP contribution in [0.25, 0.3) is 0 Å². The Balaban J connectivity index is 1.50. The van der Waals surface area contributed by atoms with Gasteiger partial charge in [-0.05, 0) is 49.1 Å². The zero-order valence-electron chi connectivity index (χ0n) is 15.7. The van der Waals surface area contributed by atoms with Gasteiger partial charge in [0, 0.05) is 18.2 Å². The Kier molecular flexibility index (Phi) is 7.00. The first-order chi connectivity index (χ1) is 13.2. The van der Waals surface area contributed by atoms with E-state index in [0.717, 1.165) is 36.3 Å². The SMILES string of the molecule is C[C@@H](CCc1ccccc1)NCc1ccccc1OCc1ccc(F)cc1. The molecule has 3 aromatic rings. The maximum absolute atomic E-state index is 13.0. The average molecular weight is 363 g/mol. The van der Waals surface area contributed by atoms with Gasteiger partial charge in [0.05, 0.1) is 0 Å². The number of nitrogens with one attached hydrogen (secondary N) is 1. The Morgan fingerprint density at radius 2 is 1.56 bits per heavy atom. The fourth-order valence-electron chi connectivity index (χ4n) is 2.95. The first kappa shape index (κ1) is 19.1. The highest BCUT2D eigenvalue weighted by atomic mass is 19.1. The van der Waals surface area contributed by atoms with Crippen LogP contribution in [0.5, 0.6) is 5.75 Å². The van der Waals surface area contributed by atoms with E-state index in [1.165, 1.54) is 17.7 Å². The van der Waals surface area contributed by atoms with Crippen LogP contribution < -0.4 is 10.1 Å². The molecule has 0 unspecified atom stereocenters. The van der Waals surface area contributed by atoms with Crippen LogP contribution in [0.2, 0.25) is 0 Å². The maximum Gasteiger partial charge on any atom is 0.124 e. The van der Waals surface area contributed by atoms with Gasteiger partial charge in [0.2, 0.25) is 0 Å². The van der Waals surface area contributed by atoms with Crippen LogP contribution >= 0.6 is 0 Å².